The lowest BCUT2D eigenvalue weighted by molar-refractivity contribution is -0.118. The fourth-order valence-corrected chi connectivity index (χ4v) is 3.82. The number of ether oxygens (including phenoxy) is 3. The van der Waals surface area contributed by atoms with Gasteiger partial charge in [0.15, 0.2) is 29.6 Å². The maximum atomic E-state index is 11.8. The Bertz CT molecular complexity index is 1430. The third-order valence-corrected chi connectivity index (χ3v) is 5.29. The van der Waals surface area contributed by atoms with Gasteiger partial charge in [0.1, 0.15) is 30.6 Å². The Kier molecular flexibility index (Phi) is 3.94. The highest BCUT2D eigenvalue weighted by atomic mass is 16.6. The summed E-state index contributed by atoms with van der Waals surface area (Å²) >= 11 is 0. The molecular formula is C22H16N6O4. The second-order valence-electron chi connectivity index (χ2n) is 7.31. The molecule has 0 spiro atoms. The quantitative estimate of drug-likeness (QED) is 0.458. The van der Waals surface area contributed by atoms with Gasteiger partial charge in [-0.1, -0.05) is 0 Å². The number of fused-ring (bicyclic) bond motifs is 3. The molecule has 2 aromatic heterocycles. The zero-order valence-corrected chi connectivity index (χ0v) is 16.6. The fraction of sp³-hybridized carbons (Fsp3) is 0.136. The van der Waals surface area contributed by atoms with Gasteiger partial charge in [0.25, 0.3) is 5.91 Å². The molecule has 0 fully saturated rings. The summed E-state index contributed by atoms with van der Waals surface area (Å²) in [5, 5.41) is 20.0. The fourth-order valence-electron chi connectivity index (χ4n) is 3.82. The Hall–Kier alpha value is -4.65. The second kappa shape index (κ2) is 6.95. The highest BCUT2D eigenvalue weighted by molar-refractivity contribution is 5.96. The molecule has 2 aliphatic heterocycles. The summed E-state index contributed by atoms with van der Waals surface area (Å²) in [6.45, 7) is 1.000. The molecule has 2 aromatic carbocycles. The smallest absolute Gasteiger partial charge is 0.262 e. The first-order valence-corrected chi connectivity index (χ1v) is 9.93. The van der Waals surface area contributed by atoms with Crippen LogP contribution in [0.4, 0.5) is 17.2 Å². The maximum Gasteiger partial charge on any atom is 0.262 e. The normalized spacial score (nSPS) is 14.3. The van der Waals surface area contributed by atoms with Crippen LogP contribution in [0.2, 0.25) is 0 Å². The molecule has 0 atom stereocenters. The molecule has 10 heteroatoms. The van der Waals surface area contributed by atoms with Gasteiger partial charge in [-0.25, -0.2) is 0 Å². The molecule has 2 aliphatic rings. The minimum atomic E-state index is -0.211. The van der Waals surface area contributed by atoms with Crippen LogP contribution in [-0.4, -0.2) is 40.3 Å². The summed E-state index contributed by atoms with van der Waals surface area (Å²) in [4.78, 5) is 15.0. The molecule has 3 N–H and O–H groups in total. The lowest BCUT2D eigenvalue weighted by Crippen LogP contribution is -2.25. The van der Waals surface area contributed by atoms with E-state index >= 15 is 0 Å². The van der Waals surface area contributed by atoms with Crippen molar-refractivity contribution in [3.8, 4) is 34.6 Å². The van der Waals surface area contributed by atoms with Gasteiger partial charge in [0.05, 0.1) is 17.6 Å². The van der Waals surface area contributed by atoms with Gasteiger partial charge in [0.2, 0.25) is 0 Å². The van der Waals surface area contributed by atoms with Gasteiger partial charge in [-0.2, -0.15) is 14.9 Å². The number of benzene rings is 2. The number of hydrogen-bond acceptors (Lipinski definition) is 7. The van der Waals surface area contributed by atoms with Crippen LogP contribution in [-0.2, 0) is 4.79 Å². The number of imidazole rings is 1. The van der Waals surface area contributed by atoms with Crippen LogP contribution in [0.15, 0.2) is 42.6 Å². The summed E-state index contributed by atoms with van der Waals surface area (Å²) in [5.41, 5.74) is 3.79. The number of nitriles is 1. The van der Waals surface area contributed by atoms with Crippen LogP contribution in [0.3, 0.4) is 0 Å². The number of anilines is 3. The average molecular weight is 428 g/mol. The van der Waals surface area contributed by atoms with Crippen molar-refractivity contribution in [2.45, 2.75) is 0 Å². The highest BCUT2D eigenvalue weighted by Crippen LogP contribution is 2.38. The first kappa shape index (κ1) is 18.1. The average Bonchev–Trinajstić information content (AvgIpc) is 3.38. The maximum absolute atomic E-state index is 11.8. The topological polar surface area (TPSA) is 126 Å². The number of nitrogens with zero attached hydrogens (tertiary/aromatic N) is 3. The molecule has 4 aromatic rings. The van der Waals surface area contributed by atoms with Crippen molar-refractivity contribution in [3.63, 3.8) is 0 Å². The molecule has 32 heavy (non-hydrogen) atoms. The molecule has 158 valence electrons. The Labute approximate surface area is 181 Å². The number of H-pyrrole nitrogens is 1. The first-order valence-electron chi connectivity index (χ1n) is 9.93. The lowest BCUT2D eigenvalue weighted by Gasteiger charge is -2.19. The van der Waals surface area contributed by atoms with Crippen LogP contribution in [0.25, 0.3) is 16.9 Å². The van der Waals surface area contributed by atoms with E-state index in [2.05, 4.69) is 26.8 Å². The third kappa shape index (κ3) is 2.87. The van der Waals surface area contributed by atoms with Gasteiger partial charge in [-0.3, -0.25) is 4.79 Å². The van der Waals surface area contributed by atoms with Crippen molar-refractivity contribution in [1.29, 1.82) is 5.26 Å². The van der Waals surface area contributed by atoms with Gasteiger partial charge in [-0.15, -0.1) is 0 Å². The van der Waals surface area contributed by atoms with Crippen LogP contribution >= 0.6 is 0 Å². The molecule has 0 aliphatic carbocycles. The van der Waals surface area contributed by atoms with Crippen LogP contribution in [0, 0.1) is 11.3 Å². The minimum absolute atomic E-state index is 0.00881. The molecule has 10 nitrogen and oxygen atoms in total. The van der Waals surface area contributed by atoms with E-state index in [0.717, 1.165) is 11.3 Å². The van der Waals surface area contributed by atoms with E-state index in [-0.39, 0.29) is 12.5 Å². The summed E-state index contributed by atoms with van der Waals surface area (Å²) in [5.74, 6) is 2.36. The van der Waals surface area contributed by atoms with Gasteiger partial charge in [-0.05, 0) is 30.3 Å². The largest absolute Gasteiger partial charge is 0.486 e. The number of amides is 1. The van der Waals surface area contributed by atoms with E-state index < -0.39 is 0 Å². The minimum Gasteiger partial charge on any atom is -0.486 e. The van der Waals surface area contributed by atoms with E-state index in [9.17, 15) is 10.1 Å². The predicted molar refractivity (Wildman–Crippen MR) is 115 cm³/mol. The Morgan fingerprint density at radius 1 is 1.06 bits per heavy atom. The van der Waals surface area contributed by atoms with Crippen LogP contribution in [0.1, 0.15) is 5.56 Å². The number of rotatable bonds is 3. The van der Waals surface area contributed by atoms with Crippen LogP contribution < -0.4 is 24.8 Å². The highest BCUT2D eigenvalue weighted by Gasteiger charge is 2.22. The number of carbonyl (C=O) groups is 1. The zero-order valence-electron chi connectivity index (χ0n) is 16.6. The summed E-state index contributed by atoms with van der Waals surface area (Å²) in [6, 6.07) is 13.2. The van der Waals surface area contributed by atoms with E-state index in [0.29, 0.717) is 58.9 Å². The molecule has 0 saturated carbocycles. The number of carbonyl (C=O) groups excluding carboxylic acids is 1. The first-order chi connectivity index (χ1) is 15.7. The van der Waals surface area contributed by atoms with E-state index in [4.69, 9.17) is 14.2 Å². The van der Waals surface area contributed by atoms with E-state index in [1.54, 1.807) is 10.6 Å². The van der Waals surface area contributed by atoms with Crippen molar-refractivity contribution in [2.75, 3.05) is 30.5 Å². The lowest BCUT2D eigenvalue weighted by atomic mass is 10.1. The standard InChI is InChI=1S/C22H16N6O4/c23-9-13-10-24-28-21(13)27-20(12-1-3-16-15(7-12)26-19(29)11-32-16)22(28)25-14-2-4-17-18(8-14)31-6-5-30-17/h1-4,7-8,10,25,27H,5-6,11H2,(H,26,29). The Morgan fingerprint density at radius 2 is 1.91 bits per heavy atom. The molecule has 0 radical (unpaired) electrons. The SMILES string of the molecule is N#Cc1cnn2c(Nc3ccc4c(c3)OCCO4)c(-c3ccc4c(c3)NC(=O)CO4)[nH]c12. The second-order valence-corrected chi connectivity index (χ2v) is 7.31. The van der Waals surface area contributed by atoms with E-state index in [1.807, 2.05) is 30.3 Å². The van der Waals surface area contributed by atoms with Crippen molar-refractivity contribution < 1.29 is 19.0 Å². The monoisotopic (exact) mass is 428 g/mol. The molecule has 0 saturated heterocycles. The Morgan fingerprint density at radius 3 is 2.78 bits per heavy atom. The predicted octanol–water partition coefficient (Wildman–Crippen LogP) is 3.05. The van der Waals surface area contributed by atoms with Crippen molar-refractivity contribution in [1.82, 2.24) is 14.6 Å². The molecular weight excluding hydrogens is 412 g/mol. The molecule has 1 amide bonds. The van der Waals surface area contributed by atoms with Crippen molar-refractivity contribution in [3.05, 3.63) is 48.2 Å². The van der Waals surface area contributed by atoms with Crippen molar-refractivity contribution >= 4 is 28.7 Å². The number of aromatic nitrogens is 3. The molecule has 0 unspecified atom stereocenters. The van der Waals surface area contributed by atoms with Crippen molar-refractivity contribution in [2.24, 2.45) is 0 Å². The van der Waals surface area contributed by atoms with Gasteiger partial charge < -0.3 is 29.8 Å². The number of aromatic amines is 1. The van der Waals surface area contributed by atoms with Gasteiger partial charge in [0, 0.05) is 17.3 Å². The Balaban J connectivity index is 1.47. The third-order valence-electron chi connectivity index (χ3n) is 5.29. The summed E-state index contributed by atoms with van der Waals surface area (Å²) < 4.78 is 18.4. The number of hydrogen-bond donors (Lipinski definition) is 3. The zero-order chi connectivity index (χ0) is 21.7. The summed E-state index contributed by atoms with van der Waals surface area (Å²) in [6.07, 6.45) is 1.51. The molecule has 4 heterocycles. The van der Waals surface area contributed by atoms with E-state index in [1.165, 1.54) is 6.20 Å². The molecule has 6 rings (SSSR count). The van der Waals surface area contributed by atoms with Gasteiger partial charge >= 0.3 is 0 Å². The van der Waals surface area contributed by atoms with Crippen LogP contribution in [0.5, 0.6) is 17.2 Å². The summed E-state index contributed by atoms with van der Waals surface area (Å²) in [7, 11) is 0. The number of nitrogens with one attached hydrogen (secondary N) is 3. The molecule has 0 bridgehead atoms.